The van der Waals surface area contributed by atoms with Crippen molar-refractivity contribution < 1.29 is 14.0 Å². The molecule has 28 heavy (non-hydrogen) atoms. The first kappa shape index (κ1) is 18.9. The van der Waals surface area contributed by atoms with Gasteiger partial charge in [-0.1, -0.05) is 16.5 Å². The number of rotatable bonds is 4. The van der Waals surface area contributed by atoms with E-state index in [0.717, 1.165) is 3.57 Å². The fourth-order valence-corrected chi connectivity index (χ4v) is 4.33. The molecule has 1 atom stereocenters. The Kier molecular flexibility index (Phi) is 5.31. The number of thiophene rings is 1. The van der Waals surface area contributed by atoms with E-state index in [1.54, 1.807) is 30.5 Å². The zero-order valence-electron chi connectivity index (χ0n) is 14.2. The molecule has 0 saturated carbocycles. The van der Waals surface area contributed by atoms with Crippen molar-refractivity contribution in [3.8, 4) is 0 Å². The molecule has 1 amide bonds. The number of aromatic nitrogens is 1. The molecule has 8 nitrogen and oxygen atoms in total. The minimum Gasteiger partial charge on any atom is -0.344 e. The summed E-state index contributed by atoms with van der Waals surface area (Å²) in [6.45, 7) is 0.280. The molecular weight excluding hydrogens is 498 g/mol. The first-order valence-electron chi connectivity index (χ1n) is 8.15. The van der Waals surface area contributed by atoms with Crippen molar-refractivity contribution in [1.29, 1.82) is 0 Å². The maximum Gasteiger partial charge on any atom is 0.281 e. The molecule has 3 heterocycles. The first-order valence-corrected chi connectivity index (χ1v) is 10.0. The number of nitrogens with zero attached hydrogens (tertiary/aromatic N) is 5. The van der Waals surface area contributed by atoms with Crippen LogP contribution in [0.15, 0.2) is 41.6 Å². The molecule has 1 N–H and O–H groups in total. The van der Waals surface area contributed by atoms with Crippen LogP contribution in [0.4, 0.5) is 15.1 Å². The number of azide groups is 1. The summed E-state index contributed by atoms with van der Waals surface area (Å²) < 4.78 is 15.1. The number of carbonyl (C=O) groups is 1. The Morgan fingerprint density at radius 2 is 2.36 bits per heavy atom. The average Bonchev–Trinajstić information content (AvgIpc) is 3.28. The molecule has 1 aliphatic rings. The summed E-state index contributed by atoms with van der Waals surface area (Å²) in [5, 5.41) is 8.89. The van der Waals surface area contributed by atoms with E-state index < -0.39 is 17.8 Å². The minimum absolute atomic E-state index is 0.130. The van der Waals surface area contributed by atoms with Crippen LogP contribution in [0, 0.1) is 9.39 Å². The van der Waals surface area contributed by atoms with Gasteiger partial charge >= 0.3 is 0 Å². The fraction of sp³-hybridized carbons (Fsp3) is 0.176. The second kappa shape index (κ2) is 7.87. The number of nitrogens with one attached hydrogen (secondary N) is 1. The van der Waals surface area contributed by atoms with Gasteiger partial charge in [0.25, 0.3) is 5.91 Å². The maximum atomic E-state index is 14.3. The van der Waals surface area contributed by atoms with Crippen LogP contribution in [0.25, 0.3) is 20.7 Å². The van der Waals surface area contributed by atoms with Crippen LogP contribution in [0.5, 0.6) is 0 Å². The summed E-state index contributed by atoms with van der Waals surface area (Å²) in [4.78, 5) is 26.2. The van der Waals surface area contributed by atoms with Crippen LogP contribution in [0.3, 0.4) is 0 Å². The third kappa shape index (κ3) is 3.61. The van der Waals surface area contributed by atoms with Gasteiger partial charge < -0.3 is 5.32 Å². The second-order valence-electron chi connectivity index (χ2n) is 5.93. The lowest BCUT2D eigenvalue weighted by Crippen LogP contribution is -2.28. The predicted octanol–water partition coefficient (Wildman–Crippen LogP) is 4.85. The zero-order valence-corrected chi connectivity index (χ0v) is 17.1. The van der Waals surface area contributed by atoms with E-state index in [1.165, 1.54) is 22.5 Å². The number of benzene rings is 1. The summed E-state index contributed by atoms with van der Waals surface area (Å²) in [6, 6.07) is 7.86. The van der Waals surface area contributed by atoms with Crippen molar-refractivity contribution >= 4 is 60.7 Å². The van der Waals surface area contributed by atoms with E-state index in [-0.39, 0.29) is 18.8 Å². The number of carbonyl (C=O) groups excluding carboxylic acids is 1. The Balaban J connectivity index is 1.73. The number of hydroxylamine groups is 2. The van der Waals surface area contributed by atoms with Crippen LogP contribution in [-0.4, -0.2) is 35.1 Å². The van der Waals surface area contributed by atoms with Crippen LogP contribution in [0.2, 0.25) is 0 Å². The fourth-order valence-electron chi connectivity index (χ4n) is 2.83. The summed E-state index contributed by atoms with van der Waals surface area (Å²) in [5.41, 5.74) is 9.18. The Hall–Kier alpha value is -2.47. The number of pyridine rings is 1. The smallest absolute Gasteiger partial charge is 0.281 e. The Labute approximate surface area is 176 Å². The lowest BCUT2D eigenvalue weighted by atomic mass is 10.2. The zero-order chi connectivity index (χ0) is 19.7. The minimum atomic E-state index is -0.443. The van der Waals surface area contributed by atoms with Gasteiger partial charge in [-0.2, -0.15) is 0 Å². The van der Waals surface area contributed by atoms with Gasteiger partial charge in [0, 0.05) is 20.1 Å². The van der Waals surface area contributed by atoms with Crippen LogP contribution >= 0.6 is 33.9 Å². The van der Waals surface area contributed by atoms with Gasteiger partial charge in [0.15, 0.2) is 0 Å². The third-order valence-electron chi connectivity index (χ3n) is 4.10. The Bertz CT molecular complexity index is 1120. The highest BCUT2D eigenvalue weighted by Crippen LogP contribution is 2.38. The van der Waals surface area contributed by atoms with Gasteiger partial charge in [0.2, 0.25) is 0 Å². The van der Waals surface area contributed by atoms with Gasteiger partial charge in [-0.25, -0.2) is 14.4 Å². The molecular formula is C17H12FIN6O2S. The quantitative estimate of drug-likeness (QED) is 0.235. The second-order valence-corrected chi connectivity index (χ2v) is 8.18. The molecule has 3 aromatic rings. The van der Waals surface area contributed by atoms with E-state index in [1.807, 2.05) is 22.6 Å². The number of anilines is 2. The molecule has 0 spiro atoms. The molecule has 0 aliphatic carbocycles. The highest BCUT2D eigenvalue weighted by atomic mass is 127. The lowest BCUT2D eigenvalue weighted by Gasteiger charge is -2.15. The van der Waals surface area contributed by atoms with E-state index in [0.29, 0.717) is 20.8 Å². The molecule has 142 valence electrons. The standard InChI is InChI=1S/C17H12FIN6O2S/c18-12-6-9(19)3-4-13(12)22-16-14(11-2-1-5-21-15(11)28-16)17(26)25-7-10(8-27-25)23-24-20/h1-6,10,22H,7-8H2/t10-/m0/s1. The molecule has 0 unspecified atom stereocenters. The van der Waals surface area contributed by atoms with Gasteiger partial charge in [0.05, 0.1) is 30.4 Å². The van der Waals surface area contributed by atoms with E-state index >= 15 is 0 Å². The number of amides is 1. The van der Waals surface area contributed by atoms with Gasteiger partial charge in [-0.3, -0.25) is 9.63 Å². The summed E-state index contributed by atoms with van der Waals surface area (Å²) in [7, 11) is 0. The molecule has 11 heteroatoms. The molecule has 0 radical (unpaired) electrons. The van der Waals surface area contributed by atoms with Crippen LogP contribution in [-0.2, 0) is 4.84 Å². The highest BCUT2D eigenvalue weighted by molar-refractivity contribution is 14.1. The summed E-state index contributed by atoms with van der Waals surface area (Å²) in [6.07, 6.45) is 1.63. The third-order valence-corrected chi connectivity index (χ3v) is 5.80. The van der Waals surface area contributed by atoms with Crippen LogP contribution < -0.4 is 5.32 Å². The molecule has 2 aromatic heterocycles. The van der Waals surface area contributed by atoms with E-state index in [2.05, 4.69) is 20.3 Å². The monoisotopic (exact) mass is 510 g/mol. The van der Waals surface area contributed by atoms with E-state index in [4.69, 9.17) is 10.4 Å². The van der Waals surface area contributed by atoms with E-state index in [9.17, 15) is 9.18 Å². The SMILES string of the molecule is [N-]=[N+]=N[C@@H]1CON(C(=O)c2c(Nc3ccc(I)cc3F)sc3ncccc23)C1. The molecule has 1 aromatic carbocycles. The highest BCUT2D eigenvalue weighted by Gasteiger charge is 2.31. The van der Waals surface area contributed by atoms with Gasteiger partial charge in [-0.05, 0) is 58.5 Å². The molecule has 1 aliphatic heterocycles. The summed E-state index contributed by atoms with van der Waals surface area (Å²) >= 11 is 3.28. The van der Waals surface area contributed by atoms with Crippen LogP contribution in [0.1, 0.15) is 10.4 Å². The predicted molar refractivity (Wildman–Crippen MR) is 112 cm³/mol. The Morgan fingerprint density at radius 1 is 1.50 bits per heavy atom. The molecule has 1 fully saturated rings. The first-order chi connectivity index (χ1) is 13.6. The summed E-state index contributed by atoms with van der Waals surface area (Å²) in [5.74, 6) is -0.820. The van der Waals surface area contributed by atoms with Gasteiger partial charge in [0.1, 0.15) is 15.6 Å². The number of hydrogen-bond donors (Lipinski definition) is 1. The van der Waals surface area contributed by atoms with Gasteiger partial charge in [-0.15, -0.1) is 0 Å². The lowest BCUT2D eigenvalue weighted by molar-refractivity contribution is -0.0767. The van der Waals surface area contributed by atoms with Crippen molar-refractivity contribution in [3.63, 3.8) is 0 Å². The van der Waals surface area contributed by atoms with Crippen molar-refractivity contribution in [2.24, 2.45) is 5.11 Å². The molecule has 4 rings (SSSR count). The topological polar surface area (TPSA) is 103 Å². The largest absolute Gasteiger partial charge is 0.344 e. The normalized spacial score (nSPS) is 16.2. The Morgan fingerprint density at radius 3 is 3.14 bits per heavy atom. The average molecular weight is 510 g/mol. The van der Waals surface area contributed by atoms with Crippen molar-refractivity contribution in [2.75, 3.05) is 18.5 Å². The number of halogens is 2. The van der Waals surface area contributed by atoms with Crippen molar-refractivity contribution in [3.05, 3.63) is 61.9 Å². The number of fused-ring (bicyclic) bond motifs is 1. The molecule has 1 saturated heterocycles. The van der Waals surface area contributed by atoms with Crippen molar-refractivity contribution in [2.45, 2.75) is 6.04 Å². The number of hydrogen-bond acceptors (Lipinski definition) is 6. The molecule has 0 bridgehead atoms. The maximum absolute atomic E-state index is 14.3. The van der Waals surface area contributed by atoms with Crippen molar-refractivity contribution in [1.82, 2.24) is 10.0 Å².